The van der Waals surface area contributed by atoms with Gasteiger partial charge in [-0.1, -0.05) is 44.9 Å². The van der Waals surface area contributed by atoms with E-state index in [0.29, 0.717) is 24.6 Å². The van der Waals surface area contributed by atoms with Gasteiger partial charge in [-0.15, -0.1) is 0 Å². The van der Waals surface area contributed by atoms with Gasteiger partial charge in [0.15, 0.2) is 0 Å². The van der Waals surface area contributed by atoms with Crippen LogP contribution in [0.5, 0.6) is 0 Å². The van der Waals surface area contributed by atoms with Gasteiger partial charge in [-0.05, 0) is 36.8 Å². The lowest BCUT2D eigenvalue weighted by molar-refractivity contribution is -0.131. The van der Waals surface area contributed by atoms with Crippen molar-refractivity contribution in [2.75, 3.05) is 12.3 Å². The summed E-state index contributed by atoms with van der Waals surface area (Å²) in [6.45, 7) is 5.84. The molecule has 0 saturated heterocycles. The Morgan fingerprint density at radius 2 is 2.00 bits per heavy atom. The maximum Gasteiger partial charge on any atom is 0.242 e. The highest BCUT2D eigenvalue weighted by Crippen LogP contribution is 2.24. The van der Waals surface area contributed by atoms with Crippen molar-refractivity contribution >= 4 is 35.3 Å². The molecule has 1 aromatic carbocycles. The van der Waals surface area contributed by atoms with Crippen molar-refractivity contribution in [2.24, 2.45) is 11.8 Å². The van der Waals surface area contributed by atoms with Crippen LogP contribution < -0.4 is 10.6 Å². The van der Waals surface area contributed by atoms with E-state index in [1.165, 1.54) is 5.52 Å². The molecule has 30 heavy (non-hydrogen) atoms. The number of thiol groups is 1. The molecule has 0 fully saturated rings. The molecule has 2 heterocycles. The third-order valence-electron chi connectivity index (χ3n) is 5.90. The highest BCUT2D eigenvalue weighted by Gasteiger charge is 2.27. The maximum absolute atomic E-state index is 13.0. The van der Waals surface area contributed by atoms with Crippen molar-refractivity contribution in [2.45, 2.75) is 65.0 Å². The topological polar surface area (TPSA) is 63.1 Å². The lowest BCUT2D eigenvalue weighted by Gasteiger charge is -2.22. The molecule has 0 spiro atoms. The normalized spacial score (nSPS) is 19.5. The summed E-state index contributed by atoms with van der Waals surface area (Å²) in [5.74, 6) is 0.526. The summed E-state index contributed by atoms with van der Waals surface area (Å²) in [5, 5.41) is 7.25. The van der Waals surface area contributed by atoms with Gasteiger partial charge in [0, 0.05) is 48.3 Å². The molecular weight excluding hydrogens is 394 g/mol. The van der Waals surface area contributed by atoms with E-state index in [0.717, 1.165) is 49.6 Å². The van der Waals surface area contributed by atoms with E-state index in [4.69, 9.17) is 0 Å². The first-order valence-corrected chi connectivity index (χ1v) is 11.9. The zero-order valence-corrected chi connectivity index (χ0v) is 19.1. The van der Waals surface area contributed by atoms with Gasteiger partial charge >= 0.3 is 0 Å². The van der Waals surface area contributed by atoms with Crippen LogP contribution in [0.3, 0.4) is 0 Å². The van der Waals surface area contributed by atoms with Crippen LogP contribution in [0, 0.1) is 11.8 Å². The quantitative estimate of drug-likeness (QED) is 0.630. The molecule has 2 N–H and O–H groups in total. The van der Waals surface area contributed by atoms with Crippen LogP contribution >= 0.6 is 12.6 Å². The Balaban J connectivity index is 1.88. The first kappa shape index (κ1) is 22.7. The van der Waals surface area contributed by atoms with Crippen LogP contribution in [0.1, 0.15) is 51.5 Å². The fourth-order valence-electron chi connectivity index (χ4n) is 4.32. The number of aryl methyl sites for hydroxylation is 1. The smallest absolute Gasteiger partial charge is 0.242 e. The molecule has 2 amide bonds. The number of para-hydroxylation sites is 1. The van der Waals surface area contributed by atoms with Crippen molar-refractivity contribution in [1.82, 2.24) is 15.2 Å². The first-order chi connectivity index (χ1) is 14.5. The number of aromatic nitrogens is 1. The average Bonchev–Trinajstić information content (AvgIpc) is 3.08. The van der Waals surface area contributed by atoms with E-state index < -0.39 is 6.04 Å². The summed E-state index contributed by atoms with van der Waals surface area (Å²) in [7, 11) is 0. The standard InChI is InChI=1S/C24H35N3O2S/c1-17(2)13-19(16-30)23(28)26-21-14-18-15-27(22-10-6-5-9-20(18)22)12-8-4-3-7-11-25-24(21)29/h5-6,9-10,15,17,19,21,30H,3-4,7-8,11-14,16H2,1-2H3,(H,25,29)(H,26,28). The Labute approximate surface area is 185 Å². The molecule has 164 valence electrons. The van der Waals surface area contributed by atoms with E-state index in [9.17, 15) is 9.59 Å². The summed E-state index contributed by atoms with van der Waals surface area (Å²) in [6.07, 6.45) is 7.77. The molecule has 1 aliphatic rings. The van der Waals surface area contributed by atoms with Gasteiger partial charge in [-0.2, -0.15) is 12.6 Å². The zero-order valence-electron chi connectivity index (χ0n) is 18.2. The Morgan fingerprint density at radius 3 is 2.77 bits per heavy atom. The number of rotatable bonds is 5. The summed E-state index contributed by atoms with van der Waals surface area (Å²) >= 11 is 4.38. The maximum atomic E-state index is 13.0. The largest absolute Gasteiger partial charge is 0.354 e. The minimum absolute atomic E-state index is 0.0769. The molecule has 1 aliphatic heterocycles. The van der Waals surface area contributed by atoms with Crippen molar-refractivity contribution in [3.05, 3.63) is 36.0 Å². The van der Waals surface area contributed by atoms with Crippen LogP contribution in [0.4, 0.5) is 0 Å². The minimum atomic E-state index is -0.577. The molecular formula is C24H35N3O2S. The molecule has 3 rings (SSSR count). The van der Waals surface area contributed by atoms with E-state index in [2.05, 4.69) is 66.1 Å². The zero-order chi connectivity index (χ0) is 21.5. The number of carbonyl (C=O) groups excluding carboxylic acids is 2. The molecule has 2 unspecified atom stereocenters. The van der Waals surface area contributed by atoms with Gasteiger partial charge < -0.3 is 15.2 Å². The number of carbonyl (C=O) groups is 2. The average molecular weight is 430 g/mol. The number of amides is 2. The number of nitrogens with zero attached hydrogens (tertiary/aromatic N) is 1. The van der Waals surface area contributed by atoms with E-state index >= 15 is 0 Å². The molecule has 0 radical (unpaired) electrons. The van der Waals surface area contributed by atoms with Crippen LogP contribution in [-0.2, 0) is 22.6 Å². The van der Waals surface area contributed by atoms with Crippen LogP contribution in [-0.4, -0.2) is 34.7 Å². The lowest BCUT2D eigenvalue weighted by atomic mass is 9.97. The molecule has 0 aliphatic carbocycles. The third kappa shape index (κ3) is 5.81. The molecule has 6 heteroatoms. The number of fused-ring (bicyclic) bond motifs is 5. The van der Waals surface area contributed by atoms with Gasteiger partial charge in [0.05, 0.1) is 0 Å². The van der Waals surface area contributed by atoms with Crippen LogP contribution in [0.2, 0.25) is 0 Å². The van der Waals surface area contributed by atoms with Crippen molar-refractivity contribution in [1.29, 1.82) is 0 Å². The van der Waals surface area contributed by atoms with E-state index in [1.807, 2.05) is 6.07 Å². The molecule has 5 nitrogen and oxygen atoms in total. The predicted molar refractivity (Wildman–Crippen MR) is 126 cm³/mol. The van der Waals surface area contributed by atoms with Crippen molar-refractivity contribution < 1.29 is 9.59 Å². The van der Waals surface area contributed by atoms with Gasteiger partial charge in [0.2, 0.25) is 11.8 Å². The van der Waals surface area contributed by atoms with Gasteiger partial charge in [-0.3, -0.25) is 9.59 Å². The summed E-state index contributed by atoms with van der Waals surface area (Å²) in [6, 6.07) is 7.76. The Hall–Kier alpha value is -1.95. The highest BCUT2D eigenvalue weighted by atomic mass is 32.1. The molecule has 0 saturated carbocycles. The second-order valence-corrected chi connectivity index (χ2v) is 9.21. The molecule has 1 aromatic heterocycles. The number of nitrogens with one attached hydrogen (secondary N) is 2. The predicted octanol–water partition coefficient (Wildman–Crippen LogP) is 3.95. The van der Waals surface area contributed by atoms with Crippen molar-refractivity contribution in [3.63, 3.8) is 0 Å². The number of hydrogen-bond acceptors (Lipinski definition) is 3. The Morgan fingerprint density at radius 1 is 1.23 bits per heavy atom. The van der Waals surface area contributed by atoms with Gasteiger partial charge in [0.1, 0.15) is 6.04 Å². The highest BCUT2D eigenvalue weighted by molar-refractivity contribution is 7.80. The fraction of sp³-hybridized carbons (Fsp3) is 0.583. The minimum Gasteiger partial charge on any atom is -0.354 e. The SMILES string of the molecule is CC(C)CC(CS)C(=O)NC1Cc2cn(c3ccccc23)CCCCCCNC1=O. The number of hydrogen-bond donors (Lipinski definition) is 3. The van der Waals surface area contributed by atoms with E-state index in [-0.39, 0.29) is 17.7 Å². The Kier molecular flexibility index (Phi) is 8.25. The fourth-order valence-corrected chi connectivity index (χ4v) is 4.63. The third-order valence-corrected chi connectivity index (χ3v) is 6.34. The van der Waals surface area contributed by atoms with Gasteiger partial charge in [0.25, 0.3) is 0 Å². The monoisotopic (exact) mass is 429 g/mol. The number of benzene rings is 1. The van der Waals surface area contributed by atoms with Crippen LogP contribution in [0.25, 0.3) is 10.9 Å². The molecule has 2 aromatic rings. The molecule has 2 atom stereocenters. The Bertz CT molecular complexity index is 861. The summed E-state index contributed by atoms with van der Waals surface area (Å²) < 4.78 is 2.30. The first-order valence-electron chi connectivity index (χ1n) is 11.2. The van der Waals surface area contributed by atoms with E-state index in [1.54, 1.807) is 0 Å². The lowest BCUT2D eigenvalue weighted by Crippen LogP contribution is -2.50. The summed E-state index contributed by atoms with van der Waals surface area (Å²) in [5.41, 5.74) is 2.31. The summed E-state index contributed by atoms with van der Waals surface area (Å²) in [4.78, 5) is 25.9. The second-order valence-electron chi connectivity index (χ2n) is 8.84. The molecule has 2 bridgehead atoms. The van der Waals surface area contributed by atoms with Gasteiger partial charge in [-0.25, -0.2) is 0 Å². The van der Waals surface area contributed by atoms with Crippen LogP contribution in [0.15, 0.2) is 30.5 Å². The second kappa shape index (κ2) is 10.9. The van der Waals surface area contributed by atoms with Crippen molar-refractivity contribution in [3.8, 4) is 0 Å².